The van der Waals surface area contributed by atoms with E-state index in [0.29, 0.717) is 24.2 Å². The van der Waals surface area contributed by atoms with Crippen LogP contribution < -0.4 is 5.32 Å². The van der Waals surface area contributed by atoms with Gasteiger partial charge in [0.2, 0.25) is 5.89 Å². The standard InChI is InChI=1S/C27H44N4O5/c1-8-17-15-20(17)31(24(33)35-26(5,6)7)16-27(13-14-27)22-29-21(36-30-22)18-9-11-19(12-10-18)28-23(32)34-25(2,3)4/h17-20H,8-16H2,1-7H3,(H,28,32)/t17-,18?,19?,20-/m1/s1. The minimum Gasteiger partial charge on any atom is -0.444 e. The summed E-state index contributed by atoms with van der Waals surface area (Å²) in [7, 11) is 0. The van der Waals surface area contributed by atoms with Gasteiger partial charge in [0.05, 0.1) is 5.41 Å². The van der Waals surface area contributed by atoms with Gasteiger partial charge >= 0.3 is 12.2 Å². The Kier molecular flexibility index (Phi) is 7.32. The summed E-state index contributed by atoms with van der Waals surface area (Å²) in [5, 5.41) is 7.37. The molecule has 36 heavy (non-hydrogen) atoms. The minimum atomic E-state index is -0.529. The van der Waals surface area contributed by atoms with Crippen LogP contribution in [0.15, 0.2) is 4.52 Å². The van der Waals surface area contributed by atoms with Gasteiger partial charge in [-0.3, -0.25) is 0 Å². The van der Waals surface area contributed by atoms with Crippen LogP contribution in [-0.4, -0.2) is 57.1 Å². The Balaban J connectivity index is 1.35. The number of ether oxygens (including phenoxy) is 2. The molecule has 0 bridgehead atoms. The smallest absolute Gasteiger partial charge is 0.410 e. The number of nitrogens with one attached hydrogen (secondary N) is 1. The van der Waals surface area contributed by atoms with Crippen LogP contribution in [0.25, 0.3) is 0 Å². The minimum absolute atomic E-state index is 0.0979. The second kappa shape index (κ2) is 9.86. The predicted molar refractivity (Wildman–Crippen MR) is 135 cm³/mol. The Hall–Kier alpha value is -2.32. The molecule has 2 amide bonds. The Morgan fingerprint density at radius 1 is 1.06 bits per heavy atom. The number of alkyl carbamates (subject to hydrolysis) is 1. The summed E-state index contributed by atoms with van der Waals surface area (Å²) in [6.07, 6.45) is 6.82. The van der Waals surface area contributed by atoms with Crippen molar-refractivity contribution in [3.8, 4) is 0 Å². The molecule has 9 nitrogen and oxygen atoms in total. The molecule has 202 valence electrons. The summed E-state index contributed by atoms with van der Waals surface area (Å²) in [5.74, 6) is 2.12. The molecule has 3 aliphatic carbocycles. The Labute approximate surface area is 215 Å². The lowest BCUT2D eigenvalue weighted by atomic mass is 9.86. The summed E-state index contributed by atoms with van der Waals surface area (Å²) in [6, 6.07) is 0.335. The summed E-state index contributed by atoms with van der Waals surface area (Å²) in [6.45, 7) is 14.1. The number of amides is 2. The molecular formula is C27H44N4O5. The van der Waals surface area contributed by atoms with E-state index in [2.05, 4.69) is 17.4 Å². The second-order valence-electron chi connectivity index (χ2n) is 13.0. The van der Waals surface area contributed by atoms with Gasteiger partial charge in [0.15, 0.2) is 5.82 Å². The first-order valence-electron chi connectivity index (χ1n) is 13.6. The summed E-state index contributed by atoms with van der Waals surface area (Å²) < 4.78 is 16.9. The Bertz CT molecular complexity index is 935. The van der Waals surface area contributed by atoms with Crippen molar-refractivity contribution < 1.29 is 23.6 Å². The van der Waals surface area contributed by atoms with E-state index < -0.39 is 11.2 Å². The molecule has 4 rings (SSSR count). The van der Waals surface area contributed by atoms with Crippen LogP contribution in [0.1, 0.15) is 117 Å². The molecule has 1 heterocycles. The molecule has 1 N–H and O–H groups in total. The first kappa shape index (κ1) is 26.7. The van der Waals surface area contributed by atoms with Crippen molar-refractivity contribution in [1.29, 1.82) is 0 Å². The van der Waals surface area contributed by atoms with Gasteiger partial charge in [-0.05, 0) is 92.4 Å². The van der Waals surface area contributed by atoms with E-state index in [-0.39, 0.29) is 35.6 Å². The zero-order chi connectivity index (χ0) is 26.3. The van der Waals surface area contributed by atoms with Gasteiger partial charge in [0, 0.05) is 24.5 Å². The van der Waals surface area contributed by atoms with E-state index in [1.54, 1.807) is 0 Å². The maximum absolute atomic E-state index is 13.1. The van der Waals surface area contributed by atoms with Crippen molar-refractivity contribution in [2.75, 3.05) is 6.54 Å². The maximum Gasteiger partial charge on any atom is 0.410 e. The monoisotopic (exact) mass is 504 g/mol. The van der Waals surface area contributed by atoms with Gasteiger partial charge in [-0.2, -0.15) is 4.98 Å². The molecule has 3 saturated carbocycles. The van der Waals surface area contributed by atoms with Crippen LogP contribution in [-0.2, 0) is 14.9 Å². The molecular weight excluding hydrogens is 460 g/mol. The number of hydrogen-bond acceptors (Lipinski definition) is 7. The molecule has 3 fully saturated rings. The highest BCUT2D eigenvalue weighted by Crippen LogP contribution is 2.50. The summed E-state index contributed by atoms with van der Waals surface area (Å²) in [5.41, 5.74) is -1.27. The molecule has 0 unspecified atom stereocenters. The number of nitrogens with zero attached hydrogens (tertiary/aromatic N) is 3. The van der Waals surface area contributed by atoms with Crippen molar-refractivity contribution in [1.82, 2.24) is 20.4 Å². The highest BCUT2D eigenvalue weighted by atomic mass is 16.6. The van der Waals surface area contributed by atoms with E-state index in [1.165, 1.54) is 0 Å². The number of aromatic nitrogens is 2. The van der Waals surface area contributed by atoms with Crippen molar-refractivity contribution in [3.05, 3.63) is 11.7 Å². The number of rotatable bonds is 7. The normalized spacial score (nSPS) is 27.2. The van der Waals surface area contributed by atoms with Crippen LogP contribution in [0.2, 0.25) is 0 Å². The van der Waals surface area contributed by atoms with Crippen LogP contribution in [0.4, 0.5) is 9.59 Å². The fraction of sp³-hybridized carbons (Fsp3) is 0.852. The molecule has 1 aromatic heterocycles. The quantitative estimate of drug-likeness (QED) is 0.508. The second-order valence-corrected chi connectivity index (χ2v) is 13.0. The third-order valence-corrected chi connectivity index (χ3v) is 7.48. The number of carbonyl (C=O) groups is 2. The lowest BCUT2D eigenvalue weighted by Gasteiger charge is -2.30. The molecule has 2 atom stereocenters. The third-order valence-electron chi connectivity index (χ3n) is 7.48. The van der Waals surface area contributed by atoms with E-state index in [4.69, 9.17) is 19.0 Å². The molecule has 0 radical (unpaired) electrons. The first-order valence-corrected chi connectivity index (χ1v) is 13.6. The van der Waals surface area contributed by atoms with Crippen LogP contribution in [0.5, 0.6) is 0 Å². The van der Waals surface area contributed by atoms with Crippen LogP contribution in [0, 0.1) is 5.92 Å². The molecule has 0 aliphatic heterocycles. The number of carbonyl (C=O) groups excluding carboxylic acids is 2. The van der Waals surface area contributed by atoms with E-state index in [0.717, 1.165) is 51.4 Å². The zero-order valence-corrected chi connectivity index (χ0v) is 23.1. The van der Waals surface area contributed by atoms with Gasteiger partial charge in [-0.25, -0.2) is 9.59 Å². The zero-order valence-electron chi connectivity index (χ0n) is 23.1. The van der Waals surface area contributed by atoms with Gasteiger partial charge < -0.3 is 24.2 Å². The van der Waals surface area contributed by atoms with Gasteiger partial charge in [0.25, 0.3) is 0 Å². The van der Waals surface area contributed by atoms with E-state index >= 15 is 0 Å². The summed E-state index contributed by atoms with van der Waals surface area (Å²) in [4.78, 5) is 31.9. The Morgan fingerprint density at radius 3 is 2.22 bits per heavy atom. The average Bonchev–Trinajstić information content (AvgIpc) is 3.66. The topological polar surface area (TPSA) is 107 Å². The lowest BCUT2D eigenvalue weighted by molar-refractivity contribution is 0.0201. The van der Waals surface area contributed by atoms with E-state index in [9.17, 15) is 9.59 Å². The van der Waals surface area contributed by atoms with E-state index in [1.807, 2.05) is 46.4 Å². The third kappa shape index (κ3) is 6.71. The highest BCUT2D eigenvalue weighted by molar-refractivity contribution is 5.69. The number of hydrogen-bond donors (Lipinski definition) is 1. The fourth-order valence-electron chi connectivity index (χ4n) is 5.19. The Morgan fingerprint density at radius 2 is 1.69 bits per heavy atom. The fourth-order valence-corrected chi connectivity index (χ4v) is 5.19. The SMILES string of the molecule is CC[C@@H]1C[C@H]1N(CC1(c2noc(C3CCC(NC(=O)OC(C)(C)C)CC3)n2)CC1)C(=O)OC(C)(C)C. The molecule has 3 aliphatic rings. The molecule has 9 heteroatoms. The molecule has 0 spiro atoms. The maximum atomic E-state index is 13.1. The first-order chi connectivity index (χ1) is 16.8. The molecule has 0 saturated heterocycles. The van der Waals surface area contributed by atoms with Crippen molar-refractivity contribution in [2.24, 2.45) is 5.92 Å². The van der Waals surface area contributed by atoms with Gasteiger partial charge in [0.1, 0.15) is 11.2 Å². The summed E-state index contributed by atoms with van der Waals surface area (Å²) >= 11 is 0. The van der Waals surface area contributed by atoms with Gasteiger partial charge in [-0.15, -0.1) is 0 Å². The van der Waals surface area contributed by atoms with Crippen LogP contribution >= 0.6 is 0 Å². The van der Waals surface area contributed by atoms with Gasteiger partial charge in [-0.1, -0.05) is 18.5 Å². The van der Waals surface area contributed by atoms with Crippen molar-refractivity contribution >= 4 is 12.2 Å². The largest absolute Gasteiger partial charge is 0.444 e. The average molecular weight is 505 g/mol. The molecule has 1 aromatic rings. The molecule has 0 aromatic carbocycles. The highest BCUT2D eigenvalue weighted by Gasteiger charge is 2.54. The predicted octanol–water partition coefficient (Wildman–Crippen LogP) is 5.69. The lowest BCUT2D eigenvalue weighted by Crippen LogP contribution is -2.43. The van der Waals surface area contributed by atoms with Crippen molar-refractivity contribution in [2.45, 2.75) is 134 Å². The van der Waals surface area contributed by atoms with Crippen molar-refractivity contribution in [3.63, 3.8) is 0 Å². The van der Waals surface area contributed by atoms with Crippen LogP contribution in [0.3, 0.4) is 0 Å².